The fourth-order valence-corrected chi connectivity index (χ4v) is 7.59. The second kappa shape index (κ2) is 16.5. The zero-order chi connectivity index (χ0) is 34.6. The van der Waals surface area contributed by atoms with Crippen molar-refractivity contribution in [2.24, 2.45) is 17.3 Å². The molecule has 4 heterocycles. The molecule has 0 amide bonds. The number of hydrogen-bond donors (Lipinski definition) is 1. The topological polar surface area (TPSA) is 76.5 Å². The number of benzene rings is 2. The number of ketones is 1. The molecule has 261 valence electrons. The van der Waals surface area contributed by atoms with Gasteiger partial charge in [-0.3, -0.25) is 4.79 Å². The number of fused-ring (bicyclic) bond motifs is 5. The normalized spacial score (nSPS) is 12.2. The molecule has 6 aromatic rings. The van der Waals surface area contributed by atoms with Gasteiger partial charge in [0.05, 0.1) is 22.7 Å². The van der Waals surface area contributed by atoms with E-state index >= 15 is 0 Å². The quantitative estimate of drug-likeness (QED) is 0.0844. The summed E-state index contributed by atoms with van der Waals surface area (Å²) in [6.07, 6.45) is 7.84. The summed E-state index contributed by atoms with van der Waals surface area (Å²) in [6, 6.07) is 22.3. The summed E-state index contributed by atoms with van der Waals surface area (Å²) in [5.74, 6) is 1.41. The number of aryl methyl sites for hydroxylation is 1. The predicted molar refractivity (Wildman–Crippen MR) is 201 cm³/mol. The SMILES string of the molecule is CCC(CC)C(=O)/C=C(\O)C(CC)CC.Cc1cc2c(o1)c(-c1cc(-c3ccc(CC(C)(C)C)s3)ccn1)[c-]c1oc3ccccc3c12.[Ir]. The number of aliphatic hydroxyl groups is 1. The monoisotopic (exact) mass is 855 g/mol. The number of carbonyl (C=O) groups is 1. The molecule has 1 radical (unpaired) electrons. The first kappa shape index (κ1) is 38.3. The number of hydrogen-bond acceptors (Lipinski definition) is 6. The van der Waals surface area contributed by atoms with E-state index in [2.05, 4.69) is 63.2 Å². The van der Waals surface area contributed by atoms with Crippen LogP contribution in [-0.2, 0) is 31.3 Å². The van der Waals surface area contributed by atoms with Gasteiger partial charge in [0.15, 0.2) is 5.78 Å². The fraction of sp³-hybridized carbons (Fsp3) is 0.381. The molecule has 5 nitrogen and oxygen atoms in total. The van der Waals surface area contributed by atoms with Crippen LogP contribution in [0.1, 0.15) is 84.8 Å². The molecule has 0 aliphatic carbocycles. The Morgan fingerprint density at radius 2 is 1.63 bits per heavy atom. The molecule has 0 aliphatic rings. The maximum atomic E-state index is 11.7. The van der Waals surface area contributed by atoms with Gasteiger partial charge in [-0.05, 0) is 96.8 Å². The molecule has 0 saturated carbocycles. The third-order valence-corrected chi connectivity index (χ3v) is 10.1. The van der Waals surface area contributed by atoms with Gasteiger partial charge in [0.2, 0.25) is 0 Å². The maximum absolute atomic E-state index is 11.7. The van der Waals surface area contributed by atoms with Crippen LogP contribution in [0.4, 0.5) is 0 Å². The Labute approximate surface area is 308 Å². The second-order valence-corrected chi connectivity index (χ2v) is 15.0. The van der Waals surface area contributed by atoms with Crippen molar-refractivity contribution in [3.8, 4) is 21.7 Å². The minimum atomic E-state index is 0. The van der Waals surface area contributed by atoms with Crippen molar-refractivity contribution >= 4 is 50.0 Å². The van der Waals surface area contributed by atoms with Crippen LogP contribution < -0.4 is 0 Å². The van der Waals surface area contributed by atoms with Gasteiger partial charge < -0.3 is 18.9 Å². The standard InChI is InChI=1S/C29H24NO2S.C13H24O2.Ir/c1-17-13-22-27-20-7-5-6-8-24(20)32-25(27)15-21(28(22)31-17)23-14-18(11-12-30-23)26-10-9-19(33-26)16-29(2,3)4;1-5-10(6-2)12(14)9-13(15)11(7-3)8-4;/h5-14H,16H2,1-4H3;9-11,14H,5-8H2,1-4H3;/q-1;;/b;12-9-;. The van der Waals surface area contributed by atoms with E-state index in [9.17, 15) is 9.90 Å². The molecule has 1 N–H and O–H groups in total. The maximum Gasteiger partial charge on any atom is 0.162 e. The summed E-state index contributed by atoms with van der Waals surface area (Å²) in [5, 5.41) is 12.9. The Bertz CT molecular complexity index is 2050. The summed E-state index contributed by atoms with van der Waals surface area (Å²) in [5.41, 5.74) is 5.47. The number of furan rings is 2. The fourth-order valence-electron chi connectivity index (χ4n) is 6.29. The number of rotatable bonds is 10. The van der Waals surface area contributed by atoms with Crippen LogP contribution in [-0.4, -0.2) is 15.9 Å². The van der Waals surface area contributed by atoms with E-state index in [0.717, 1.165) is 87.6 Å². The number of aromatic nitrogens is 1. The van der Waals surface area contributed by atoms with Crippen molar-refractivity contribution in [2.45, 2.75) is 87.5 Å². The van der Waals surface area contributed by atoms with Gasteiger partial charge in [-0.15, -0.1) is 11.3 Å². The Balaban J connectivity index is 0.000000290. The average molecular weight is 855 g/mol. The summed E-state index contributed by atoms with van der Waals surface area (Å²) < 4.78 is 12.3. The number of nitrogens with zero attached hydrogens (tertiary/aromatic N) is 1. The molecule has 49 heavy (non-hydrogen) atoms. The molecule has 6 rings (SSSR count). The van der Waals surface area contributed by atoms with Crippen LogP contribution >= 0.6 is 11.3 Å². The number of carbonyl (C=O) groups excluding carboxylic acids is 1. The zero-order valence-corrected chi connectivity index (χ0v) is 33.1. The molecule has 0 atom stereocenters. The summed E-state index contributed by atoms with van der Waals surface area (Å²) in [6.45, 7) is 16.9. The number of thiophene rings is 1. The Kier molecular flexibility index (Phi) is 12.9. The Morgan fingerprint density at radius 3 is 2.31 bits per heavy atom. The minimum absolute atomic E-state index is 0. The molecule has 4 aromatic heterocycles. The number of aliphatic hydroxyl groups excluding tert-OH is 1. The van der Waals surface area contributed by atoms with Gasteiger partial charge in [0.1, 0.15) is 5.58 Å². The smallest absolute Gasteiger partial charge is 0.162 e. The largest absolute Gasteiger partial charge is 0.512 e. The first-order chi connectivity index (χ1) is 23.0. The zero-order valence-electron chi connectivity index (χ0n) is 29.9. The van der Waals surface area contributed by atoms with Crippen molar-refractivity contribution in [1.29, 1.82) is 0 Å². The molecular formula is C42H48IrNO4S-. The molecular weight excluding hydrogens is 807 g/mol. The number of allylic oxidation sites excluding steroid dienone is 2. The van der Waals surface area contributed by atoms with Crippen molar-refractivity contribution < 1.29 is 38.8 Å². The molecule has 0 saturated heterocycles. The third-order valence-electron chi connectivity index (χ3n) is 8.93. The van der Waals surface area contributed by atoms with Gasteiger partial charge in [-0.25, -0.2) is 0 Å². The summed E-state index contributed by atoms with van der Waals surface area (Å²) in [7, 11) is 0. The van der Waals surface area contributed by atoms with Crippen molar-refractivity contribution in [1.82, 2.24) is 4.98 Å². The molecule has 0 bridgehead atoms. The van der Waals surface area contributed by atoms with Gasteiger partial charge in [-0.1, -0.05) is 89.7 Å². The van der Waals surface area contributed by atoms with Crippen LogP contribution in [0, 0.1) is 30.2 Å². The summed E-state index contributed by atoms with van der Waals surface area (Å²) in [4.78, 5) is 19.1. The van der Waals surface area contributed by atoms with Crippen LogP contribution in [0.15, 0.2) is 81.5 Å². The van der Waals surface area contributed by atoms with Gasteiger partial charge in [0.25, 0.3) is 0 Å². The first-order valence-electron chi connectivity index (χ1n) is 17.2. The van der Waals surface area contributed by atoms with E-state index in [-0.39, 0.29) is 48.9 Å². The van der Waals surface area contributed by atoms with Gasteiger partial charge in [-0.2, -0.15) is 0 Å². The second-order valence-electron chi connectivity index (χ2n) is 13.8. The van der Waals surface area contributed by atoms with Gasteiger partial charge >= 0.3 is 0 Å². The van der Waals surface area contributed by atoms with E-state index in [1.165, 1.54) is 15.8 Å². The molecule has 0 spiro atoms. The number of para-hydroxylation sites is 1. The van der Waals surface area contributed by atoms with E-state index in [0.29, 0.717) is 0 Å². The van der Waals surface area contributed by atoms with Crippen LogP contribution in [0.2, 0.25) is 0 Å². The molecule has 7 heteroatoms. The van der Waals surface area contributed by atoms with E-state index in [4.69, 9.17) is 13.8 Å². The van der Waals surface area contributed by atoms with Gasteiger partial charge in [0, 0.05) is 54.0 Å². The number of pyridine rings is 1. The summed E-state index contributed by atoms with van der Waals surface area (Å²) >= 11 is 1.85. The van der Waals surface area contributed by atoms with Crippen molar-refractivity contribution in [3.63, 3.8) is 0 Å². The molecule has 0 unspecified atom stereocenters. The predicted octanol–water partition coefficient (Wildman–Crippen LogP) is 12.7. The molecule has 0 aliphatic heterocycles. The van der Waals surface area contributed by atoms with Crippen LogP contribution in [0.3, 0.4) is 0 Å². The van der Waals surface area contributed by atoms with E-state index < -0.39 is 0 Å². The average Bonchev–Trinajstić information content (AvgIpc) is 3.77. The van der Waals surface area contributed by atoms with Crippen molar-refractivity contribution in [2.75, 3.05) is 0 Å². The third kappa shape index (κ3) is 8.81. The van der Waals surface area contributed by atoms with E-state index in [1.807, 2.05) is 70.4 Å². The van der Waals surface area contributed by atoms with Crippen LogP contribution in [0.5, 0.6) is 0 Å². The van der Waals surface area contributed by atoms with E-state index in [1.54, 1.807) is 0 Å². The first-order valence-corrected chi connectivity index (χ1v) is 18.0. The van der Waals surface area contributed by atoms with Crippen molar-refractivity contribution in [3.05, 3.63) is 89.3 Å². The molecule has 0 fully saturated rings. The van der Waals surface area contributed by atoms with Crippen LogP contribution in [0.25, 0.3) is 54.6 Å². The minimum Gasteiger partial charge on any atom is -0.512 e. The molecule has 2 aromatic carbocycles. The Hall–Kier alpha value is -3.51. The Morgan fingerprint density at radius 1 is 0.939 bits per heavy atom.